The number of thiocarbonyl (C=S) groups is 1. The maximum Gasteiger partial charge on any atom is 0.269 e. The lowest BCUT2D eigenvalue weighted by molar-refractivity contribution is -0.384. The number of nitro benzene ring substituents is 1. The number of hydrogen-bond donors (Lipinski definition) is 0. The van der Waals surface area contributed by atoms with Crippen LogP contribution in [-0.2, 0) is 4.74 Å². The highest BCUT2D eigenvalue weighted by Crippen LogP contribution is 2.16. The number of hydrogen-bond acceptors (Lipinski definition) is 6. The molecule has 0 bridgehead atoms. The molecule has 22 heavy (non-hydrogen) atoms. The van der Waals surface area contributed by atoms with Gasteiger partial charge in [-0.05, 0) is 12.1 Å². The number of carbonyl (C=O) groups is 1. The van der Waals surface area contributed by atoms with Crippen molar-refractivity contribution in [3.05, 3.63) is 39.9 Å². The highest BCUT2D eigenvalue weighted by atomic mass is 32.2. The fourth-order valence-electron chi connectivity index (χ4n) is 1.98. The summed E-state index contributed by atoms with van der Waals surface area (Å²) >= 11 is 6.82. The second-order valence-electron chi connectivity index (χ2n) is 4.69. The number of non-ortho nitro benzene ring substituents is 1. The number of ketones is 1. The molecule has 6 nitrogen and oxygen atoms in total. The van der Waals surface area contributed by atoms with Crippen molar-refractivity contribution in [3.63, 3.8) is 0 Å². The lowest BCUT2D eigenvalue weighted by Crippen LogP contribution is -2.38. The molecular formula is C14H16N2O4S2. The topological polar surface area (TPSA) is 72.7 Å². The average molecular weight is 340 g/mol. The lowest BCUT2D eigenvalue weighted by Gasteiger charge is -2.28. The number of nitrogens with zero attached hydrogens (tertiary/aromatic N) is 2. The zero-order valence-corrected chi connectivity index (χ0v) is 13.5. The SMILES string of the molecule is O=C(CCSC(=S)N1CCOCC1)c1ccc([N+](=O)[O-])cc1. The van der Waals surface area contributed by atoms with Crippen LogP contribution in [0.2, 0.25) is 0 Å². The van der Waals surface area contributed by atoms with Crippen molar-refractivity contribution >= 4 is 39.8 Å². The highest BCUT2D eigenvalue weighted by molar-refractivity contribution is 8.22. The third-order valence-electron chi connectivity index (χ3n) is 3.22. The summed E-state index contributed by atoms with van der Waals surface area (Å²) < 4.78 is 6.06. The molecule has 1 aromatic carbocycles. The first-order valence-electron chi connectivity index (χ1n) is 6.85. The van der Waals surface area contributed by atoms with Gasteiger partial charge in [0, 0.05) is 43.0 Å². The Morgan fingerprint density at radius 3 is 2.55 bits per heavy atom. The second-order valence-corrected chi connectivity index (χ2v) is 6.42. The van der Waals surface area contributed by atoms with E-state index in [0.29, 0.717) is 31.0 Å². The van der Waals surface area contributed by atoms with Crippen LogP contribution in [0.25, 0.3) is 0 Å². The van der Waals surface area contributed by atoms with Gasteiger partial charge in [0.25, 0.3) is 5.69 Å². The van der Waals surface area contributed by atoms with E-state index in [1.54, 1.807) is 0 Å². The van der Waals surface area contributed by atoms with E-state index in [-0.39, 0.29) is 11.5 Å². The van der Waals surface area contributed by atoms with Gasteiger partial charge in [-0.3, -0.25) is 14.9 Å². The summed E-state index contributed by atoms with van der Waals surface area (Å²) in [4.78, 5) is 24.2. The first kappa shape index (κ1) is 16.9. The summed E-state index contributed by atoms with van der Waals surface area (Å²) in [7, 11) is 0. The number of benzene rings is 1. The number of morpholine rings is 1. The molecule has 1 aliphatic rings. The molecule has 0 radical (unpaired) electrons. The summed E-state index contributed by atoms with van der Waals surface area (Å²) in [5.41, 5.74) is 0.475. The van der Waals surface area contributed by atoms with Gasteiger partial charge in [-0.2, -0.15) is 0 Å². The van der Waals surface area contributed by atoms with Gasteiger partial charge >= 0.3 is 0 Å². The summed E-state index contributed by atoms with van der Waals surface area (Å²) in [5, 5.41) is 10.6. The maximum atomic E-state index is 12.0. The van der Waals surface area contributed by atoms with E-state index in [0.717, 1.165) is 17.4 Å². The predicted octanol–water partition coefficient (Wildman–Crippen LogP) is 2.52. The largest absolute Gasteiger partial charge is 0.378 e. The van der Waals surface area contributed by atoms with Crippen molar-refractivity contribution in [2.75, 3.05) is 32.1 Å². The Morgan fingerprint density at radius 1 is 1.32 bits per heavy atom. The molecule has 118 valence electrons. The van der Waals surface area contributed by atoms with Crippen molar-refractivity contribution in [3.8, 4) is 0 Å². The van der Waals surface area contributed by atoms with Gasteiger partial charge < -0.3 is 9.64 Å². The average Bonchev–Trinajstić information content (AvgIpc) is 2.55. The monoisotopic (exact) mass is 340 g/mol. The minimum Gasteiger partial charge on any atom is -0.378 e. The molecule has 0 saturated carbocycles. The van der Waals surface area contributed by atoms with E-state index in [9.17, 15) is 14.9 Å². The normalized spacial score (nSPS) is 14.6. The quantitative estimate of drug-likeness (QED) is 0.353. The van der Waals surface area contributed by atoms with Gasteiger partial charge in [0.1, 0.15) is 4.32 Å². The fourth-order valence-corrected chi connectivity index (χ4v) is 3.24. The minimum atomic E-state index is -0.481. The Bertz CT molecular complexity index is 556. The van der Waals surface area contributed by atoms with Crippen LogP contribution in [0.5, 0.6) is 0 Å². The van der Waals surface area contributed by atoms with Gasteiger partial charge in [-0.25, -0.2) is 0 Å². The van der Waals surface area contributed by atoms with E-state index >= 15 is 0 Å². The standard InChI is InChI=1S/C14H16N2O4S2/c17-13(11-1-3-12(4-2-11)16(18)19)5-10-22-14(21)15-6-8-20-9-7-15/h1-4H,5-10H2. The molecule has 0 atom stereocenters. The Kier molecular flexibility index (Phi) is 6.29. The second kappa shape index (κ2) is 8.21. The molecule has 1 heterocycles. The summed E-state index contributed by atoms with van der Waals surface area (Å²) in [6, 6.07) is 5.67. The Labute approximate surface area is 138 Å². The molecule has 2 rings (SSSR count). The van der Waals surface area contributed by atoms with E-state index < -0.39 is 4.92 Å². The molecule has 1 fully saturated rings. The van der Waals surface area contributed by atoms with E-state index in [2.05, 4.69) is 4.90 Å². The highest BCUT2D eigenvalue weighted by Gasteiger charge is 2.15. The van der Waals surface area contributed by atoms with Crippen LogP contribution in [0.3, 0.4) is 0 Å². The third kappa shape index (κ3) is 4.75. The number of nitro groups is 1. The van der Waals surface area contributed by atoms with Gasteiger partial charge in [0.15, 0.2) is 5.78 Å². The number of Topliss-reactive ketones (excluding diaryl/α,β-unsaturated/α-hetero) is 1. The molecule has 0 N–H and O–H groups in total. The van der Waals surface area contributed by atoms with Crippen LogP contribution in [0.1, 0.15) is 16.8 Å². The molecule has 0 unspecified atom stereocenters. The molecule has 0 aromatic heterocycles. The van der Waals surface area contributed by atoms with Crippen LogP contribution in [0, 0.1) is 10.1 Å². The molecule has 1 aliphatic heterocycles. The molecule has 0 spiro atoms. The zero-order valence-electron chi connectivity index (χ0n) is 11.9. The Hall–Kier alpha value is -1.51. The van der Waals surface area contributed by atoms with Crippen molar-refractivity contribution in [1.82, 2.24) is 4.90 Å². The predicted molar refractivity (Wildman–Crippen MR) is 89.5 cm³/mol. The van der Waals surface area contributed by atoms with Crippen LogP contribution in [0.15, 0.2) is 24.3 Å². The first-order valence-corrected chi connectivity index (χ1v) is 8.24. The fraction of sp³-hybridized carbons (Fsp3) is 0.429. The molecule has 1 saturated heterocycles. The van der Waals surface area contributed by atoms with Gasteiger partial charge in [0.05, 0.1) is 18.1 Å². The van der Waals surface area contributed by atoms with Gasteiger partial charge in [-0.1, -0.05) is 24.0 Å². The number of carbonyl (C=O) groups excluding carboxylic acids is 1. The van der Waals surface area contributed by atoms with Gasteiger partial charge in [0.2, 0.25) is 0 Å². The van der Waals surface area contributed by atoms with Crippen LogP contribution >= 0.6 is 24.0 Å². The molecular weight excluding hydrogens is 324 g/mol. The van der Waals surface area contributed by atoms with Crippen LogP contribution < -0.4 is 0 Å². The molecule has 8 heteroatoms. The molecule has 1 aromatic rings. The van der Waals surface area contributed by atoms with Crippen LogP contribution in [-0.4, -0.2) is 52.0 Å². The summed E-state index contributed by atoms with van der Waals surface area (Å²) in [6.07, 6.45) is 0.354. The smallest absolute Gasteiger partial charge is 0.269 e. The number of ether oxygens (including phenoxy) is 1. The van der Waals surface area contributed by atoms with Crippen molar-refractivity contribution in [2.45, 2.75) is 6.42 Å². The summed E-state index contributed by atoms with van der Waals surface area (Å²) in [5.74, 6) is 0.568. The van der Waals surface area contributed by atoms with Crippen molar-refractivity contribution in [2.24, 2.45) is 0 Å². The van der Waals surface area contributed by atoms with E-state index in [4.69, 9.17) is 17.0 Å². The number of thioether (sulfide) groups is 1. The zero-order chi connectivity index (χ0) is 15.9. The van der Waals surface area contributed by atoms with Crippen molar-refractivity contribution < 1.29 is 14.5 Å². The van der Waals surface area contributed by atoms with Crippen molar-refractivity contribution in [1.29, 1.82) is 0 Å². The van der Waals surface area contributed by atoms with E-state index in [1.807, 2.05) is 0 Å². The third-order valence-corrected chi connectivity index (χ3v) is 4.75. The van der Waals surface area contributed by atoms with Crippen LogP contribution in [0.4, 0.5) is 5.69 Å². The van der Waals surface area contributed by atoms with E-state index in [1.165, 1.54) is 36.0 Å². The Morgan fingerprint density at radius 2 is 1.95 bits per heavy atom. The maximum absolute atomic E-state index is 12.0. The molecule has 0 aliphatic carbocycles. The summed E-state index contributed by atoms with van der Waals surface area (Å²) in [6.45, 7) is 2.95. The first-order chi connectivity index (χ1) is 10.6. The minimum absolute atomic E-state index is 0.0144. The molecule has 0 amide bonds. The number of rotatable bonds is 5. The Balaban J connectivity index is 1.77. The lowest BCUT2D eigenvalue weighted by atomic mass is 10.1. The van der Waals surface area contributed by atoms with Gasteiger partial charge in [-0.15, -0.1) is 0 Å².